The van der Waals surface area contributed by atoms with Gasteiger partial charge in [-0.25, -0.2) is 13.9 Å². The standard InChI is InChI=1S/C19H20ClN3O5S/c20-15-5-9-17(10-6-15)28-16-7-3-14(4-8-16)11-13-29(26,27)23-18(19(24)22-25)2-1-12-21-23/h3-10,12,18,25H,1-2,11,13H2,(H,22,24). The number of nitrogens with zero attached hydrogens (tertiary/aromatic N) is 2. The molecule has 0 saturated heterocycles. The van der Waals surface area contributed by atoms with Crippen molar-refractivity contribution in [3.05, 3.63) is 59.1 Å². The van der Waals surface area contributed by atoms with Crippen molar-refractivity contribution < 1.29 is 23.2 Å². The summed E-state index contributed by atoms with van der Waals surface area (Å²) in [6.45, 7) is 0. The molecule has 8 nitrogen and oxygen atoms in total. The van der Waals surface area contributed by atoms with Crippen LogP contribution < -0.4 is 10.2 Å². The summed E-state index contributed by atoms with van der Waals surface area (Å²) >= 11 is 5.85. The van der Waals surface area contributed by atoms with E-state index in [1.54, 1.807) is 48.5 Å². The van der Waals surface area contributed by atoms with Gasteiger partial charge in [-0.05, 0) is 61.2 Å². The number of sulfonamides is 1. The highest BCUT2D eigenvalue weighted by Gasteiger charge is 2.34. The topological polar surface area (TPSA) is 108 Å². The summed E-state index contributed by atoms with van der Waals surface area (Å²) in [5.74, 6) is 0.228. The maximum atomic E-state index is 12.6. The highest BCUT2D eigenvalue weighted by Crippen LogP contribution is 2.24. The lowest BCUT2D eigenvalue weighted by Crippen LogP contribution is -2.48. The number of carbonyl (C=O) groups is 1. The lowest BCUT2D eigenvalue weighted by molar-refractivity contribution is -0.133. The first-order valence-corrected chi connectivity index (χ1v) is 10.9. The molecule has 154 valence electrons. The molecule has 0 bridgehead atoms. The molecule has 1 aliphatic rings. The Labute approximate surface area is 173 Å². The van der Waals surface area contributed by atoms with Crippen molar-refractivity contribution in [3.8, 4) is 11.5 Å². The smallest absolute Gasteiger partial charge is 0.269 e. The molecule has 0 aromatic heterocycles. The Morgan fingerprint density at radius 2 is 1.79 bits per heavy atom. The van der Waals surface area contributed by atoms with Crippen LogP contribution in [0.25, 0.3) is 0 Å². The zero-order chi connectivity index (χ0) is 20.9. The molecule has 2 N–H and O–H groups in total. The minimum Gasteiger partial charge on any atom is -0.457 e. The molecule has 3 rings (SSSR count). The maximum Gasteiger partial charge on any atom is 0.269 e. The molecule has 1 atom stereocenters. The predicted molar refractivity (Wildman–Crippen MR) is 109 cm³/mol. The molecular weight excluding hydrogens is 418 g/mol. The zero-order valence-corrected chi connectivity index (χ0v) is 16.9. The van der Waals surface area contributed by atoms with Crippen LogP contribution in [0.2, 0.25) is 5.02 Å². The monoisotopic (exact) mass is 437 g/mol. The van der Waals surface area contributed by atoms with Crippen molar-refractivity contribution >= 4 is 33.7 Å². The molecule has 29 heavy (non-hydrogen) atoms. The van der Waals surface area contributed by atoms with Gasteiger partial charge in [-0.2, -0.15) is 9.52 Å². The Bertz CT molecular complexity index is 978. The van der Waals surface area contributed by atoms with Crippen LogP contribution in [0.1, 0.15) is 18.4 Å². The number of hydrazone groups is 1. The summed E-state index contributed by atoms with van der Waals surface area (Å²) in [7, 11) is -3.83. The summed E-state index contributed by atoms with van der Waals surface area (Å²) < 4.78 is 31.8. The second kappa shape index (κ2) is 9.25. The summed E-state index contributed by atoms with van der Waals surface area (Å²) in [6.07, 6.45) is 2.40. The average molecular weight is 438 g/mol. The zero-order valence-electron chi connectivity index (χ0n) is 15.4. The van der Waals surface area contributed by atoms with E-state index < -0.39 is 22.0 Å². The molecular formula is C19H20ClN3O5S. The van der Waals surface area contributed by atoms with E-state index in [0.29, 0.717) is 22.9 Å². The number of amides is 1. The van der Waals surface area contributed by atoms with Crippen LogP contribution in [-0.4, -0.2) is 42.0 Å². The second-order valence-electron chi connectivity index (χ2n) is 6.41. The number of aryl methyl sites for hydroxylation is 1. The Kier molecular flexibility index (Phi) is 6.73. The normalized spacial score (nSPS) is 16.5. The van der Waals surface area contributed by atoms with Crippen LogP contribution >= 0.6 is 11.6 Å². The Morgan fingerprint density at radius 1 is 1.17 bits per heavy atom. The van der Waals surface area contributed by atoms with Gasteiger partial charge in [0, 0.05) is 11.2 Å². The Balaban J connectivity index is 1.62. The molecule has 0 aliphatic carbocycles. The number of nitrogens with one attached hydrogen (secondary N) is 1. The molecule has 1 amide bonds. The van der Waals surface area contributed by atoms with E-state index in [-0.39, 0.29) is 18.6 Å². The SMILES string of the molecule is O=C(NO)C1CCC=NN1S(=O)(=O)CCc1ccc(Oc2ccc(Cl)cc2)cc1. The number of hydroxylamine groups is 1. The minimum atomic E-state index is -3.83. The minimum absolute atomic E-state index is 0.225. The highest BCUT2D eigenvalue weighted by molar-refractivity contribution is 7.89. The van der Waals surface area contributed by atoms with Crippen LogP contribution in [0.3, 0.4) is 0 Å². The van der Waals surface area contributed by atoms with E-state index in [4.69, 9.17) is 21.5 Å². The van der Waals surface area contributed by atoms with E-state index in [1.807, 2.05) is 0 Å². The van der Waals surface area contributed by atoms with Gasteiger partial charge in [0.1, 0.15) is 17.5 Å². The first-order chi connectivity index (χ1) is 13.9. The molecule has 1 unspecified atom stereocenters. The van der Waals surface area contributed by atoms with E-state index in [2.05, 4.69) is 5.10 Å². The number of ether oxygens (including phenoxy) is 1. The van der Waals surface area contributed by atoms with Gasteiger partial charge in [-0.1, -0.05) is 23.7 Å². The summed E-state index contributed by atoms with van der Waals surface area (Å²) in [5, 5.41) is 13.3. The van der Waals surface area contributed by atoms with Gasteiger partial charge >= 0.3 is 0 Å². The van der Waals surface area contributed by atoms with E-state index in [9.17, 15) is 13.2 Å². The molecule has 0 fully saturated rings. The molecule has 1 heterocycles. The van der Waals surface area contributed by atoms with Crippen molar-refractivity contribution in [1.82, 2.24) is 9.89 Å². The number of carbonyl (C=O) groups excluding carboxylic acids is 1. The van der Waals surface area contributed by atoms with Crippen molar-refractivity contribution in [1.29, 1.82) is 0 Å². The molecule has 0 saturated carbocycles. The molecule has 0 spiro atoms. The first kappa shape index (κ1) is 21.1. The van der Waals surface area contributed by atoms with E-state index >= 15 is 0 Å². The molecule has 10 heteroatoms. The van der Waals surface area contributed by atoms with Crippen LogP contribution in [-0.2, 0) is 21.2 Å². The van der Waals surface area contributed by atoms with Crippen LogP contribution in [0.5, 0.6) is 11.5 Å². The van der Waals surface area contributed by atoms with Crippen molar-refractivity contribution in [2.75, 3.05) is 5.75 Å². The first-order valence-electron chi connectivity index (χ1n) is 8.90. The van der Waals surface area contributed by atoms with E-state index in [0.717, 1.165) is 9.98 Å². The predicted octanol–water partition coefficient (Wildman–Crippen LogP) is 2.96. The summed E-state index contributed by atoms with van der Waals surface area (Å²) in [4.78, 5) is 11.7. The van der Waals surface area contributed by atoms with Crippen LogP contribution in [0.15, 0.2) is 53.6 Å². The fourth-order valence-electron chi connectivity index (χ4n) is 2.84. The number of benzene rings is 2. The lowest BCUT2D eigenvalue weighted by Gasteiger charge is -2.29. The number of rotatable bonds is 7. The van der Waals surface area contributed by atoms with Gasteiger partial charge in [0.05, 0.1) is 5.75 Å². The van der Waals surface area contributed by atoms with Gasteiger partial charge in [0.15, 0.2) is 0 Å². The largest absolute Gasteiger partial charge is 0.457 e. The fourth-order valence-corrected chi connectivity index (χ4v) is 4.44. The van der Waals surface area contributed by atoms with Crippen LogP contribution in [0.4, 0.5) is 0 Å². The number of hydrogen-bond acceptors (Lipinski definition) is 6. The number of hydrogen-bond donors (Lipinski definition) is 2. The van der Waals surface area contributed by atoms with Gasteiger partial charge in [0.25, 0.3) is 15.9 Å². The molecule has 2 aromatic carbocycles. The van der Waals surface area contributed by atoms with Gasteiger partial charge in [-0.15, -0.1) is 0 Å². The average Bonchev–Trinajstić information content (AvgIpc) is 2.74. The van der Waals surface area contributed by atoms with Crippen molar-refractivity contribution in [2.45, 2.75) is 25.3 Å². The lowest BCUT2D eigenvalue weighted by atomic mass is 10.1. The van der Waals surface area contributed by atoms with Crippen LogP contribution in [0, 0.1) is 0 Å². The van der Waals surface area contributed by atoms with Gasteiger partial charge in [0.2, 0.25) is 0 Å². The molecule has 1 aliphatic heterocycles. The summed E-state index contributed by atoms with van der Waals surface area (Å²) in [6, 6.07) is 12.9. The molecule has 0 radical (unpaired) electrons. The third-order valence-electron chi connectivity index (χ3n) is 4.35. The van der Waals surface area contributed by atoms with Crippen molar-refractivity contribution in [3.63, 3.8) is 0 Å². The van der Waals surface area contributed by atoms with Gasteiger partial charge < -0.3 is 4.74 Å². The van der Waals surface area contributed by atoms with Crippen molar-refractivity contribution in [2.24, 2.45) is 5.10 Å². The van der Waals surface area contributed by atoms with Gasteiger partial charge in [-0.3, -0.25) is 10.0 Å². The summed E-state index contributed by atoms with van der Waals surface area (Å²) in [5.41, 5.74) is 2.29. The third kappa shape index (κ3) is 5.47. The Hall–Kier alpha value is -2.62. The fraction of sp³-hybridized carbons (Fsp3) is 0.263. The quantitative estimate of drug-likeness (QED) is 0.511. The third-order valence-corrected chi connectivity index (χ3v) is 6.24. The second-order valence-corrected chi connectivity index (χ2v) is 8.79. The molecule has 2 aromatic rings. The number of halogens is 1. The maximum absolute atomic E-state index is 12.6. The Morgan fingerprint density at radius 3 is 2.41 bits per heavy atom. The highest BCUT2D eigenvalue weighted by atomic mass is 35.5. The van der Waals surface area contributed by atoms with E-state index in [1.165, 1.54) is 11.7 Å².